The molecule has 2 nitrogen and oxygen atoms in total. The average molecular weight is 247 g/mol. The lowest BCUT2D eigenvalue weighted by atomic mass is 10.1. The standard InChI is InChI=1S/C14H17NOS/c1-11(14-8-5-9-17-14)15-13(10-16)12-6-3-2-4-7-12/h2-9,11,13,15-16H,10H2,1H3/t11?,13-/m1/s1. The number of hydrogen-bond acceptors (Lipinski definition) is 3. The van der Waals surface area contributed by atoms with Crippen LogP contribution in [0.3, 0.4) is 0 Å². The molecule has 1 unspecified atom stereocenters. The molecule has 2 rings (SSSR count). The molecular weight excluding hydrogens is 230 g/mol. The lowest BCUT2D eigenvalue weighted by Crippen LogP contribution is -2.26. The Morgan fingerprint density at radius 1 is 1.18 bits per heavy atom. The molecule has 17 heavy (non-hydrogen) atoms. The van der Waals surface area contributed by atoms with Crippen LogP contribution in [0.1, 0.15) is 29.4 Å². The van der Waals surface area contributed by atoms with Gasteiger partial charge in [0.1, 0.15) is 0 Å². The average Bonchev–Trinajstić information content (AvgIpc) is 2.90. The van der Waals surface area contributed by atoms with Crippen LogP contribution in [0.4, 0.5) is 0 Å². The van der Waals surface area contributed by atoms with Crippen molar-refractivity contribution in [3.63, 3.8) is 0 Å². The van der Waals surface area contributed by atoms with E-state index in [0.717, 1.165) is 5.56 Å². The van der Waals surface area contributed by atoms with Crippen molar-refractivity contribution in [1.29, 1.82) is 0 Å². The van der Waals surface area contributed by atoms with Gasteiger partial charge in [0, 0.05) is 10.9 Å². The van der Waals surface area contributed by atoms with E-state index < -0.39 is 0 Å². The molecule has 1 heterocycles. The normalized spacial score (nSPS) is 14.5. The number of nitrogens with one attached hydrogen (secondary N) is 1. The zero-order valence-corrected chi connectivity index (χ0v) is 10.7. The molecule has 3 heteroatoms. The molecule has 0 amide bonds. The van der Waals surface area contributed by atoms with E-state index in [1.54, 1.807) is 11.3 Å². The predicted octanol–water partition coefficient (Wildman–Crippen LogP) is 3.13. The van der Waals surface area contributed by atoms with Crippen molar-refractivity contribution in [2.75, 3.05) is 6.61 Å². The van der Waals surface area contributed by atoms with Crippen LogP contribution in [-0.4, -0.2) is 11.7 Å². The number of aliphatic hydroxyl groups excluding tert-OH is 1. The summed E-state index contributed by atoms with van der Waals surface area (Å²) in [5, 5.41) is 15.0. The Morgan fingerprint density at radius 2 is 1.94 bits per heavy atom. The molecule has 1 aromatic carbocycles. The molecule has 2 atom stereocenters. The Hall–Kier alpha value is -1.16. The van der Waals surface area contributed by atoms with Gasteiger partial charge in [-0.3, -0.25) is 0 Å². The topological polar surface area (TPSA) is 32.3 Å². The number of hydrogen-bond donors (Lipinski definition) is 2. The molecule has 2 aromatic rings. The van der Waals surface area contributed by atoms with Gasteiger partial charge in [-0.25, -0.2) is 0 Å². The Bertz CT molecular complexity index is 427. The Morgan fingerprint density at radius 3 is 2.53 bits per heavy atom. The van der Waals surface area contributed by atoms with Crippen LogP contribution >= 0.6 is 11.3 Å². The van der Waals surface area contributed by atoms with Gasteiger partial charge in [0.25, 0.3) is 0 Å². The molecule has 0 bridgehead atoms. The molecule has 0 radical (unpaired) electrons. The molecule has 0 saturated carbocycles. The molecule has 1 aromatic heterocycles. The van der Waals surface area contributed by atoms with Crippen molar-refractivity contribution in [2.45, 2.75) is 19.0 Å². The van der Waals surface area contributed by atoms with Crippen LogP contribution < -0.4 is 5.32 Å². The van der Waals surface area contributed by atoms with E-state index in [1.807, 2.05) is 30.3 Å². The van der Waals surface area contributed by atoms with Gasteiger partial charge in [-0.2, -0.15) is 0 Å². The van der Waals surface area contributed by atoms with Gasteiger partial charge < -0.3 is 10.4 Å². The molecule has 0 aliphatic heterocycles. The van der Waals surface area contributed by atoms with Crippen molar-refractivity contribution < 1.29 is 5.11 Å². The predicted molar refractivity (Wildman–Crippen MR) is 72.1 cm³/mol. The van der Waals surface area contributed by atoms with Gasteiger partial charge >= 0.3 is 0 Å². The minimum Gasteiger partial charge on any atom is -0.394 e. The van der Waals surface area contributed by atoms with Crippen LogP contribution in [-0.2, 0) is 0 Å². The number of rotatable bonds is 5. The summed E-state index contributed by atoms with van der Waals surface area (Å²) in [6, 6.07) is 14.5. The zero-order valence-electron chi connectivity index (χ0n) is 9.84. The third kappa shape index (κ3) is 3.16. The highest BCUT2D eigenvalue weighted by molar-refractivity contribution is 7.10. The van der Waals surface area contributed by atoms with Gasteiger partial charge in [-0.1, -0.05) is 36.4 Å². The lowest BCUT2D eigenvalue weighted by molar-refractivity contribution is 0.236. The third-order valence-corrected chi connectivity index (χ3v) is 3.86. The second-order valence-corrected chi connectivity index (χ2v) is 5.03. The van der Waals surface area contributed by atoms with Crippen molar-refractivity contribution >= 4 is 11.3 Å². The highest BCUT2D eigenvalue weighted by atomic mass is 32.1. The number of aliphatic hydroxyl groups is 1. The summed E-state index contributed by atoms with van der Waals surface area (Å²) in [5.74, 6) is 0. The van der Waals surface area contributed by atoms with Crippen molar-refractivity contribution in [1.82, 2.24) is 5.32 Å². The molecule has 0 aliphatic carbocycles. The van der Waals surface area contributed by atoms with E-state index in [9.17, 15) is 5.11 Å². The van der Waals surface area contributed by atoms with Gasteiger partial charge in [-0.05, 0) is 23.9 Å². The van der Waals surface area contributed by atoms with Gasteiger partial charge in [0.05, 0.1) is 12.6 Å². The quantitative estimate of drug-likeness (QED) is 0.850. The van der Waals surface area contributed by atoms with Gasteiger partial charge in [-0.15, -0.1) is 11.3 Å². The third-order valence-electron chi connectivity index (χ3n) is 2.81. The first-order chi connectivity index (χ1) is 8.31. The molecule has 0 fully saturated rings. The number of thiophene rings is 1. The molecule has 0 spiro atoms. The fraction of sp³-hybridized carbons (Fsp3) is 0.286. The van der Waals surface area contributed by atoms with E-state index in [1.165, 1.54) is 4.88 Å². The number of benzene rings is 1. The highest BCUT2D eigenvalue weighted by Crippen LogP contribution is 2.22. The summed E-state index contributed by atoms with van der Waals surface area (Å²) in [5.41, 5.74) is 1.12. The summed E-state index contributed by atoms with van der Waals surface area (Å²) in [6.45, 7) is 2.23. The van der Waals surface area contributed by atoms with E-state index in [0.29, 0.717) is 0 Å². The van der Waals surface area contributed by atoms with E-state index in [2.05, 4.69) is 29.8 Å². The minimum absolute atomic E-state index is 0.00620. The van der Waals surface area contributed by atoms with E-state index >= 15 is 0 Å². The van der Waals surface area contributed by atoms with E-state index in [-0.39, 0.29) is 18.7 Å². The molecule has 2 N–H and O–H groups in total. The summed E-state index contributed by atoms with van der Waals surface area (Å²) in [7, 11) is 0. The van der Waals surface area contributed by atoms with Crippen LogP contribution in [0.25, 0.3) is 0 Å². The molecular formula is C14H17NOS. The Labute approximate surface area is 106 Å². The molecule has 0 saturated heterocycles. The second-order valence-electron chi connectivity index (χ2n) is 4.05. The lowest BCUT2D eigenvalue weighted by Gasteiger charge is -2.21. The van der Waals surface area contributed by atoms with Crippen molar-refractivity contribution in [2.24, 2.45) is 0 Å². The second kappa shape index (κ2) is 5.96. The van der Waals surface area contributed by atoms with Crippen LogP contribution in [0.5, 0.6) is 0 Å². The van der Waals surface area contributed by atoms with Crippen LogP contribution in [0.15, 0.2) is 47.8 Å². The minimum atomic E-state index is -0.00620. The monoisotopic (exact) mass is 247 g/mol. The summed E-state index contributed by atoms with van der Waals surface area (Å²) < 4.78 is 0. The van der Waals surface area contributed by atoms with E-state index in [4.69, 9.17) is 0 Å². The summed E-state index contributed by atoms with van der Waals surface area (Å²) in [6.07, 6.45) is 0. The maximum atomic E-state index is 9.47. The summed E-state index contributed by atoms with van der Waals surface area (Å²) in [4.78, 5) is 1.29. The fourth-order valence-electron chi connectivity index (χ4n) is 1.86. The highest BCUT2D eigenvalue weighted by Gasteiger charge is 2.14. The smallest absolute Gasteiger partial charge is 0.0626 e. The maximum Gasteiger partial charge on any atom is 0.0626 e. The maximum absolute atomic E-state index is 9.47. The van der Waals surface area contributed by atoms with Gasteiger partial charge in [0.2, 0.25) is 0 Å². The SMILES string of the molecule is CC(N[C@H](CO)c1ccccc1)c1cccs1. The zero-order chi connectivity index (χ0) is 12.1. The van der Waals surface area contributed by atoms with Crippen LogP contribution in [0, 0.1) is 0 Å². The van der Waals surface area contributed by atoms with Crippen molar-refractivity contribution in [3.05, 3.63) is 58.3 Å². The first-order valence-electron chi connectivity index (χ1n) is 5.76. The largest absolute Gasteiger partial charge is 0.394 e. The molecule has 0 aliphatic rings. The Kier molecular flexibility index (Phi) is 4.31. The van der Waals surface area contributed by atoms with Crippen molar-refractivity contribution in [3.8, 4) is 0 Å². The first-order valence-corrected chi connectivity index (χ1v) is 6.64. The molecule has 90 valence electrons. The first kappa shape index (κ1) is 12.3. The fourth-order valence-corrected chi connectivity index (χ4v) is 2.60. The summed E-state index contributed by atoms with van der Waals surface area (Å²) >= 11 is 1.73. The Balaban J connectivity index is 2.06. The van der Waals surface area contributed by atoms with Crippen LogP contribution in [0.2, 0.25) is 0 Å². The van der Waals surface area contributed by atoms with Gasteiger partial charge in [0.15, 0.2) is 0 Å².